The third-order valence-corrected chi connectivity index (χ3v) is 6.97. The molecule has 30 heavy (non-hydrogen) atoms. The summed E-state index contributed by atoms with van der Waals surface area (Å²) < 4.78 is 1.66. The molecule has 0 saturated heterocycles. The highest BCUT2D eigenvalue weighted by atomic mass is 32.2. The smallest absolute Gasteiger partial charge is 0.266 e. The Hall–Kier alpha value is -2.60. The van der Waals surface area contributed by atoms with E-state index in [-0.39, 0.29) is 22.8 Å². The molecule has 0 aliphatic heterocycles. The first kappa shape index (κ1) is 20.7. The molecule has 1 fully saturated rings. The number of carbonyl (C=O) groups is 1. The summed E-state index contributed by atoms with van der Waals surface area (Å²) in [5.41, 5.74) is 3.48. The van der Waals surface area contributed by atoms with Gasteiger partial charge in [-0.05, 0) is 62.9 Å². The fourth-order valence-corrected chi connectivity index (χ4v) is 4.91. The molecule has 0 spiro atoms. The molecule has 1 aliphatic rings. The minimum atomic E-state index is -0.352. The van der Waals surface area contributed by atoms with Crippen LogP contribution in [-0.4, -0.2) is 26.8 Å². The van der Waals surface area contributed by atoms with Crippen LogP contribution < -0.4 is 10.9 Å². The Bertz CT molecular complexity index is 1150. The lowest BCUT2D eigenvalue weighted by molar-refractivity contribution is -0.120. The van der Waals surface area contributed by atoms with Gasteiger partial charge < -0.3 is 5.32 Å². The molecule has 1 heterocycles. The van der Waals surface area contributed by atoms with Crippen LogP contribution in [0.25, 0.3) is 16.6 Å². The van der Waals surface area contributed by atoms with E-state index < -0.39 is 0 Å². The lowest BCUT2D eigenvalue weighted by atomic mass is 10.1. The largest absolute Gasteiger partial charge is 0.352 e. The average molecular weight is 422 g/mol. The fourth-order valence-electron chi connectivity index (χ4n) is 3.98. The van der Waals surface area contributed by atoms with Crippen LogP contribution in [0.3, 0.4) is 0 Å². The Balaban J connectivity index is 1.77. The number of rotatable bonds is 5. The maximum atomic E-state index is 13.5. The van der Waals surface area contributed by atoms with Crippen LogP contribution in [0.15, 0.2) is 52.4 Å². The Morgan fingerprint density at radius 2 is 1.87 bits per heavy atom. The SMILES string of the molecule is Cc1cccc(-n2c(S[C@@H](C)C(=O)NC3CCCC3)nc3ccccc3c2=O)c1C. The molecular formula is C24H27N3O2S. The maximum absolute atomic E-state index is 13.5. The van der Waals surface area contributed by atoms with Crippen LogP contribution in [0.2, 0.25) is 0 Å². The Labute approximate surface area is 180 Å². The zero-order valence-corrected chi connectivity index (χ0v) is 18.5. The summed E-state index contributed by atoms with van der Waals surface area (Å²) in [4.78, 5) is 31.0. The van der Waals surface area contributed by atoms with E-state index >= 15 is 0 Å². The van der Waals surface area contributed by atoms with Crippen LogP contribution in [0.5, 0.6) is 0 Å². The third-order valence-electron chi connectivity index (χ3n) is 5.91. The molecule has 2 aromatic carbocycles. The van der Waals surface area contributed by atoms with Crippen molar-refractivity contribution in [3.05, 3.63) is 63.9 Å². The van der Waals surface area contributed by atoms with Crippen LogP contribution in [0.4, 0.5) is 0 Å². The molecule has 1 atom stereocenters. The van der Waals surface area contributed by atoms with Crippen molar-refractivity contribution in [2.75, 3.05) is 0 Å². The van der Waals surface area contributed by atoms with E-state index in [0.717, 1.165) is 29.7 Å². The van der Waals surface area contributed by atoms with Crippen LogP contribution in [0, 0.1) is 13.8 Å². The number of amides is 1. The van der Waals surface area contributed by atoms with E-state index in [2.05, 4.69) is 5.32 Å². The zero-order chi connectivity index (χ0) is 21.3. The van der Waals surface area contributed by atoms with Gasteiger partial charge in [0.2, 0.25) is 5.91 Å². The molecule has 0 radical (unpaired) electrons. The molecular weight excluding hydrogens is 394 g/mol. The molecule has 1 N–H and O–H groups in total. The van der Waals surface area contributed by atoms with Crippen molar-refractivity contribution < 1.29 is 4.79 Å². The van der Waals surface area contributed by atoms with Crippen molar-refractivity contribution in [3.63, 3.8) is 0 Å². The first-order valence-electron chi connectivity index (χ1n) is 10.5. The summed E-state index contributed by atoms with van der Waals surface area (Å²) >= 11 is 1.34. The maximum Gasteiger partial charge on any atom is 0.266 e. The van der Waals surface area contributed by atoms with Gasteiger partial charge in [-0.15, -0.1) is 0 Å². The van der Waals surface area contributed by atoms with Gasteiger partial charge in [0.25, 0.3) is 5.56 Å². The van der Waals surface area contributed by atoms with E-state index in [0.29, 0.717) is 16.1 Å². The number of aryl methyl sites for hydroxylation is 1. The number of fused-ring (bicyclic) bond motifs is 1. The summed E-state index contributed by atoms with van der Waals surface area (Å²) in [6.45, 7) is 5.92. The number of carbonyl (C=O) groups excluding carboxylic acids is 1. The molecule has 3 aromatic rings. The molecule has 1 aliphatic carbocycles. The topological polar surface area (TPSA) is 64.0 Å². The predicted molar refractivity (Wildman–Crippen MR) is 123 cm³/mol. The molecule has 1 aromatic heterocycles. The van der Waals surface area contributed by atoms with Crippen molar-refractivity contribution in [3.8, 4) is 5.69 Å². The Morgan fingerprint density at radius 3 is 2.63 bits per heavy atom. The van der Waals surface area contributed by atoms with Gasteiger partial charge in [-0.3, -0.25) is 14.2 Å². The van der Waals surface area contributed by atoms with Crippen molar-refractivity contribution in [1.82, 2.24) is 14.9 Å². The molecule has 156 valence electrons. The van der Waals surface area contributed by atoms with Gasteiger partial charge in [0.15, 0.2) is 5.16 Å². The number of para-hydroxylation sites is 1. The number of hydrogen-bond acceptors (Lipinski definition) is 4. The highest BCUT2D eigenvalue weighted by Gasteiger charge is 2.24. The molecule has 0 unspecified atom stereocenters. The predicted octanol–water partition coefficient (Wildman–Crippen LogP) is 4.54. The monoisotopic (exact) mass is 421 g/mol. The second-order valence-electron chi connectivity index (χ2n) is 8.02. The minimum Gasteiger partial charge on any atom is -0.352 e. The Kier molecular flexibility index (Phi) is 5.95. The molecule has 1 saturated carbocycles. The van der Waals surface area contributed by atoms with Crippen molar-refractivity contribution in [1.29, 1.82) is 0 Å². The molecule has 1 amide bonds. The number of aromatic nitrogens is 2. The summed E-state index contributed by atoms with van der Waals surface area (Å²) in [6, 6.07) is 13.6. The zero-order valence-electron chi connectivity index (χ0n) is 17.6. The van der Waals surface area contributed by atoms with E-state index in [1.165, 1.54) is 24.6 Å². The van der Waals surface area contributed by atoms with Crippen molar-refractivity contribution in [2.24, 2.45) is 0 Å². The number of thioether (sulfide) groups is 1. The number of nitrogens with zero attached hydrogens (tertiary/aromatic N) is 2. The summed E-state index contributed by atoms with van der Waals surface area (Å²) in [5, 5.41) is 3.92. The lowest BCUT2D eigenvalue weighted by Crippen LogP contribution is -2.38. The van der Waals surface area contributed by atoms with E-state index in [1.807, 2.05) is 57.2 Å². The van der Waals surface area contributed by atoms with Crippen molar-refractivity contribution >= 4 is 28.6 Å². The number of nitrogens with one attached hydrogen (secondary N) is 1. The first-order valence-corrected chi connectivity index (χ1v) is 11.4. The van der Waals surface area contributed by atoms with Crippen LogP contribution in [-0.2, 0) is 4.79 Å². The quantitative estimate of drug-likeness (QED) is 0.485. The molecule has 5 nitrogen and oxygen atoms in total. The molecule has 0 bridgehead atoms. The number of hydrogen-bond donors (Lipinski definition) is 1. The van der Waals surface area contributed by atoms with E-state index in [9.17, 15) is 9.59 Å². The van der Waals surface area contributed by atoms with Gasteiger partial charge in [-0.25, -0.2) is 4.98 Å². The standard InChI is InChI=1S/C24H27N3O2S/c1-15-9-8-14-21(16(15)2)27-23(29)19-12-6-7-13-20(19)26-24(27)30-17(3)22(28)25-18-10-4-5-11-18/h6-9,12-14,17-18H,4-5,10-11H2,1-3H3,(H,25,28)/t17-/m0/s1. The summed E-state index contributed by atoms with van der Waals surface area (Å²) in [5.74, 6) is 0.00169. The van der Waals surface area contributed by atoms with Crippen LogP contribution in [0.1, 0.15) is 43.7 Å². The highest BCUT2D eigenvalue weighted by molar-refractivity contribution is 8.00. The number of benzene rings is 2. The average Bonchev–Trinajstić information content (AvgIpc) is 3.24. The van der Waals surface area contributed by atoms with Gasteiger partial charge >= 0.3 is 0 Å². The van der Waals surface area contributed by atoms with Gasteiger partial charge in [-0.1, -0.05) is 48.9 Å². The first-order chi connectivity index (χ1) is 14.5. The van der Waals surface area contributed by atoms with Gasteiger partial charge in [0.1, 0.15) is 0 Å². The second kappa shape index (κ2) is 8.64. The van der Waals surface area contributed by atoms with E-state index in [1.54, 1.807) is 10.6 Å². The normalized spacial score (nSPS) is 15.4. The van der Waals surface area contributed by atoms with Gasteiger partial charge in [-0.2, -0.15) is 0 Å². The minimum absolute atomic E-state index is 0.00169. The van der Waals surface area contributed by atoms with Gasteiger partial charge in [0.05, 0.1) is 21.8 Å². The fraction of sp³-hybridized carbons (Fsp3) is 0.375. The lowest BCUT2D eigenvalue weighted by Gasteiger charge is -2.19. The summed E-state index contributed by atoms with van der Waals surface area (Å²) in [6.07, 6.45) is 4.44. The Morgan fingerprint density at radius 1 is 1.13 bits per heavy atom. The van der Waals surface area contributed by atoms with Crippen LogP contribution >= 0.6 is 11.8 Å². The molecule has 4 rings (SSSR count). The third kappa shape index (κ3) is 4.01. The highest BCUT2D eigenvalue weighted by Crippen LogP contribution is 2.28. The van der Waals surface area contributed by atoms with Gasteiger partial charge in [0, 0.05) is 6.04 Å². The van der Waals surface area contributed by atoms with E-state index in [4.69, 9.17) is 4.98 Å². The summed E-state index contributed by atoms with van der Waals surface area (Å²) in [7, 11) is 0. The molecule has 6 heteroatoms. The van der Waals surface area contributed by atoms with Crippen molar-refractivity contribution in [2.45, 2.75) is 62.9 Å². The second-order valence-corrected chi connectivity index (χ2v) is 9.33.